The van der Waals surface area contributed by atoms with Gasteiger partial charge < -0.3 is 0 Å². The van der Waals surface area contributed by atoms with Crippen molar-refractivity contribution in [3.05, 3.63) is 61.7 Å². The Balaban J connectivity index is 1.74. The van der Waals surface area contributed by atoms with Gasteiger partial charge in [0.25, 0.3) is 0 Å². The van der Waals surface area contributed by atoms with Crippen LogP contribution in [0.1, 0.15) is 45.4 Å². The number of rotatable bonds is 10. The number of hydrogen-bond donors (Lipinski definition) is 0. The van der Waals surface area contributed by atoms with Crippen LogP contribution in [0.4, 0.5) is 0 Å². The molecule has 0 bridgehead atoms. The summed E-state index contributed by atoms with van der Waals surface area (Å²) in [4.78, 5) is 0. The molecule has 0 N–H and O–H groups in total. The third-order valence-electron chi connectivity index (χ3n) is 3.70. The van der Waals surface area contributed by atoms with Crippen molar-refractivity contribution in [2.24, 2.45) is 0 Å². The van der Waals surface area contributed by atoms with Gasteiger partial charge in [0, 0.05) is 0 Å². The molecular weight excluding hydrogens is 419 g/mol. The number of unbranched alkanes of at least 4 members (excludes halogenated alkanes) is 5. The monoisotopic (exact) mass is 444 g/mol. The van der Waals surface area contributed by atoms with Gasteiger partial charge in [-0.25, -0.2) is 0 Å². The molecule has 0 saturated carbocycles. The van der Waals surface area contributed by atoms with Gasteiger partial charge in [-0.05, 0) is 0 Å². The molecule has 126 valence electrons. The van der Waals surface area contributed by atoms with E-state index in [2.05, 4.69) is 55.5 Å². The van der Waals surface area contributed by atoms with E-state index in [-0.39, 0.29) is 0 Å². The molecule has 0 radical (unpaired) electrons. The van der Waals surface area contributed by atoms with Crippen molar-refractivity contribution in [3.8, 4) is 5.75 Å². The summed E-state index contributed by atoms with van der Waals surface area (Å²) in [5.74, 6) is 0.955. The van der Waals surface area contributed by atoms with E-state index in [1.54, 1.807) is 0 Å². The first-order valence-electron chi connectivity index (χ1n) is 8.45. The molecule has 0 fully saturated rings. The predicted octanol–water partition coefficient (Wildman–Crippen LogP) is 7.13. The molecule has 0 aliphatic heterocycles. The van der Waals surface area contributed by atoms with E-state index in [0.29, 0.717) is 0 Å². The van der Waals surface area contributed by atoms with Crippen molar-refractivity contribution in [2.75, 3.05) is 6.61 Å². The second-order valence-corrected chi connectivity index (χ2v) is 11.4. The van der Waals surface area contributed by atoms with Gasteiger partial charge in [0.15, 0.2) is 0 Å². The Kier molecular flexibility index (Phi) is 8.83. The molecule has 0 atom stereocenters. The van der Waals surface area contributed by atoms with Crippen molar-refractivity contribution >= 4 is 27.6 Å². The maximum atomic E-state index is 6.69. The zero-order valence-corrected chi connectivity index (χ0v) is 16.7. The molecule has 0 amide bonds. The zero-order valence-electron chi connectivity index (χ0n) is 13.8. The molecule has 2 aromatic carbocycles. The summed E-state index contributed by atoms with van der Waals surface area (Å²) < 4.78 is 8.36. The summed E-state index contributed by atoms with van der Waals surface area (Å²) in [7, 11) is 6.69. The van der Waals surface area contributed by atoms with Gasteiger partial charge in [-0.2, -0.15) is 0 Å². The maximum absolute atomic E-state index is 6.69. The second-order valence-electron chi connectivity index (χ2n) is 5.60. The van der Waals surface area contributed by atoms with Crippen LogP contribution in [0.15, 0.2) is 54.6 Å². The van der Waals surface area contributed by atoms with Crippen molar-refractivity contribution < 1.29 is 4.74 Å². The number of halogens is 2. The molecule has 0 saturated heterocycles. The summed E-state index contributed by atoms with van der Waals surface area (Å²) in [5, 5.41) is 0. The molecule has 23 heavy (non-hydrogen) atoms. The van der Waals surface area contributed by atoms with Crippen molar-refractivity contribution in [3.63, 3.8) is 0 Å². The Bertz CT molecular complexity index is 541. The van der Waals surface area contributed by atoms with E-state index in [1.165, 1.54) is 39.2 Å². The normalized spacial score (nSPS) is 11.3. The van der Waals surface area contributed by atoms with Crippen molar-refractivity contribution in [1.82, 2.24) is 0 Å². The fraction of sp³-hybridized carbons (Fsp3) is 0.400. The minimum absolute atomic E-state index is 0.813. The first kappa shape index (κ1) is 18.6. The van der Waals surface area contributed by atoms with Crippen LogP contribution < -0.4 is 4.74 Å². The van der Waals surface area contributed by atoms with Crippen LogP contribution in [0.3, 0.4) is 0 Å². The molecular formula is C20H26ClIO. The summed E-state index contributed by atoms with van der Waals surface area (Å²) in [5.41, 5.74) is 0. The summed E-state index contributed by atoms with van der Waals surface area (Å²) in [6.45, 7) is 3.06. The Hall–Kier alpha value is -0.740. The topological polar surface area (TPSA) is 9.23 Å². The first-order valence-corrected chi connectivity index (χ1v) is 13.3. The molecule has 0 aromatic heterocycles. The molecule has 0 aliphatic carbocycles. The number of benzene rings is 2. The third kappa shape index (κ3) is 6.72. The van der Waals surface area contributed by atoms with Gasteiger partial charge in [-0.3, -0.25) is 0 Å². The van der Waals surface area contributed by atoms with Crippen LogP contribution in [-0.4, -0.2) is 6.61 Å². The molecule has 2 rings (SSSR count). The van der Waals surface area contributed by atoms with Crippen molar-refractivity contribution in [1.29, 1.82) is 0 Å². The van der Waals surface area contributed by atoms with Crippen LogP contribution in [0, 0.1) is 7.14 Å². The number of ether oxygens (including phenoxy) is 1. The standard InChI is InChI=1S/C20H26ClIO/c1-2-3-4-5-6-10-17-23-20-15-13-19(14-16-20)22(21)18-11-8-7-9-12-18/h7-9,11-16H,2-6,10,17H2,1H3. The zero-order chi connectivity index (χ0) is 16.3. The molecule has 2 aromatic rings. The van der Waals surface area contributed by atoms with Gasteiger partial charge in [0.2, 0.25) is 0 Å². The van der Waals surface area contributed by atoms with Crippen molar-refractivity contribution in [2.45, 2.75) is 45.4 Å². The fourth-order valence-corrected chi connectivity index (χ4v) is 6.40. The quantitative estimate of drug-likeness (QED) is 0.280. The molecule has 3 heteroatoms. The van der Waals surface area contributed by atoms with E-state index < -0.39 is 18.7 Å². The van der Waals surface area contributed by atoms with Crippen LogP contribution >= 0.6 is 27.6 Å². The van der Waals surface area contributed by atoms with Gasteiger partial charge in [-0.1, -0.05) is 6.92 Å². The Morgan fingerprint density at radius 1 is 0.783 bits per heavy atom. The van der Waals surface area contributed by atoms with E-state index in [9.17, 15) is 0 Å². The summed E-state index contributed by atoms with van der Waals surface area (Å²) in [6, 6.07) is 18.8. The molecule has 0 heterocycles. The van der Waals surface area contributed by atoms with Gasteiger partial charge in [-0.15, -0.1) is 0 Å². The van der Waals surface area contributed by atoms with Crippen LogP contribution in [0.2, 0.25) is 0 Å². The van der Waals surface area contributed by atoms with E-state index >= 15 is 0 Å². The van der Waals surface area contributed by atoms with Crippen LogP contribution in [0.5, 0.6) is 5.75 Å². The summed E-state index contributed by atoms with van der Waals surface area (Å²) >= 11 is -1.76. The predicted molar refractivity (Wildman–Crippen MR) is 109 cm³/mol. The fourth-order valence-electron chi connectivity index (χ4n) is 2.37. The summed E-state index contributed by atoms with van der Waals surface area (Å²) in [6.07, 6.45) is 7.75. The molecule has 0 spiro atoms. The first-order chi connectivity index (χ1) is 11.3. The van der Waals surface area contributed by atoms with E-state index in [0.717, 1.165) is 18.8 Å². The second kappa shape index (κ2) is 10.9. The Morgan fingerprint density at radius 3 is 2.09 bits per heavy atom. The van der Waals surface area contributed by atoms with Crippen LogP contribution in [-0.2, 0) is 0 Å². The minimum atomic E-state index is -1.76. The molecule has 0 unspecified atom stereocenters. The average molecular weight is 445 g/mol. The van der Waals surface area contributed by atoms with E-state index in [1.807, 2.05) is 6.07 Å². The SMILES string of the molecule is CCCCCCCCOc1ccc(I(Cl)c2ccccc2)cc1. The van der Waals surface area contributed by atoms with Gasteiger partial charge in [0.05, 0.1) is 0 Å². The molecule has 0 aliphatic rings. The molecule has 1 nitrogen and oxygen atoms in total. The third-order valence-corrected chi connectivity index (χ3v) is 9.54. The van der Waals surface area contributed by atoms with E-state index in [4.69, 9.17) is 13.6 Å². The Labute approximate surface area is 151 Å². The number of hydrogen-bond acceptors (Lipinski definition) is 1. The Morgan fingerprint density at radius 2 is 1.39 bits per heavy atom. The average Bonchev–Trinajstić information content (AvgIpc) is 2.61. The van der Waals surface area contributed by atoms with Gasteiger partial charge >= 0.3 is 145 Å². The van der Waals surface area contributed by atoms with Gasteiger partial charge in [0.1, 0.15) is 0 Å². The van der Waals surface area contributed by atoms with Crippen LogP contribution in [0.25, 0.3) is 0 Å².